The number of hydrogen-bond acceptors (Lipinski definition) is 6. The van der Waals surface area contributed by atoms with Crippen molar-refractivity contribution in [1.29, 1.82) is 0 Å². The number of halogens is 6. The van der Waals surface area contributed by atoms with E-state index in [1.807, 2.05) is 0 Å². The molecule has 3 rings (SSSR count). The number of nitrogens with zero attached hydrogens (tertiary/aromatic N) is 1. The van der Waals surface area contributed by atoms with Crippen LogP contribution in [0.15, 0.2) is 30.5 Å². The molecule has 2 aromatic rings. The summed E-state index contributed by atoms with van der Waals surface area (Å²) in [7, 11) is 0. The molecule has 198 valence electrons. The monoisotopic (exact) mass is 522 g/mol. The van der Waals surface area contributed by atoms with E-state index in [0.717, 1.165) is 26.1 Å². The number of ether oxygens (including phenoxy) is 2. The SMILES string of the molecule is C[C@H]1[C@@H](c2ccc(F)c(F)c2OCCF)C(C(=O)Nc2ccc([C@@H](O)CO)nc2)O[C@@]1(C)C(F)(F)F. The molecule has 0 radical (unpaired) electrons. The van der Waals surface area contributed by atoms with Gasteiger partial charge in [-0.2, -0.15) is 17.6 Å². The maximum Gasteiger partial charge on any atom is 0.417 e. The highest BCUT2D eigenvalue weighted by Crippen LogP contribution is 2.55. The first-order valence-corrected chi connectivity index (χ1v) is 10.8. The van der Waals surface area contributed by atoms with Crippen LogP contribution in [0.2, 0.25) is 0 Å². The van der Waals surface area contributed by atoms with Crippen LogP contribution >= 0.6 is 0 Å². The Morgan fingerprint density at radius 3 is 2.53 bits per heavy atom. The topological polar surface area (TPSA) is 101 Å². The van der Waals surface area contributed by atoms with Crippen LogP contribution in [0.4, 0.5) is 32.0 Å². The summed E-state index contributed by atoms with van der Waals surface area (Å²) in [6.45, 7) is -0.485. The Kier molecular flexibility index (Phi) is 8.16. The van der Waals surface area contributed by atoms with Crippen LogP contribution in [0.25, 0.3) is 0 Å². The van der Waals surface area contributed by atoms with Crippen LogP contribution in [0.3, 0.4) is 0 Å². The molecule has 0 aliphatic carbocycles. The largest absolute Gasteiger partial charge is 0.487 e. The first-order valence-electron chi connectivity index (χ1n) is 10.8. The summed E-state index contributed by atoms with van der Waals surface area (Å²) < 4.78 is 93.5. The third-order valence-corrected chi connectivity index (χ3v) is 6.26. The minimum Gasteiger partial charge on any atom is -0.487 e. The van der Waals surface area contributed by atoms with E-state index < -0.39 is 79.0 Å². The van der Waals surface area contributed by atoms with Crippen molar-refractivity contribution in [1.82, 2.24) is 4.98 Å². The molecular weight excluding hydrogens is 498 g/mol. The lowest BCUT2D eigenvalue weighted by atomic mass is 9.77. The fraction of sp³-hybridized carbons (Fsp3) is 0.478. The van der Waals surface area contributed by atoms with Gasteiger partial charge in [-0.05, 0) is 25.1 Å². The molecule has 1 saturated heterocycles. The predicted molar refractivity (Wildman–Crippen MR) is 114 cm³/mol. The second kappa shape index (κ2) is 10.6. The molecular formula is C23H24F6N2O5. The van der Waals surface area contributed by atoms with Gasteiger partial charge < -0.3 is 25.0 Å². The molecule has 1 aliphatic heterocycles. The average Bonchev–Trinajstić information content (AvgIpc) is 3.12. The lowest BCUT2D eigenvalue weighted by Gasteiger charge is -2.32. The summed E-state index contributed by atoms with van der Waals surface area (Å²) in [4.78, 5) is 17.0. The van der Waals surface area contributed by atoms with Crippen molar-refractivity contribution in [2.24, 2.45) is 5.92 Å². The predicted octanol–water partition coefficient (Wildman–Crippen LogP) is 3.81. The zero-order valence-electron chi connectivity index (χ0n) is 19.2. The van der Waals surface area contributed by atoms with Crippen molar-refractivity contribution >= 4 is 11.6 Å². The molecule has 13 heteroatoms. The fourth-order valence-corrected chi connectivity index (χ4v) is 4.10. The minimum atomic E-state index is -4.94. The van der Waals surface area contributed by atoms with Crippen LogP contribution in [-0.4, -0.2) is 58.9 Å². The van der Waals surface area contributed by atoms with Crippen LogP contribution < -0.4 is 10.1 Å². The average molecular weight is 522 g/mol. The first-order chi connectivity index (χ1) is 16.9. The van der Waals surface area contributed by atoms with Crippen molar-refractivity contribution in [2.75, 3.05) is 25.2 Å². The number of aliphatic hydroxyl groups excluding tert-OH is 2. The van der Waals surface area contributed by atoms with E-state index in [2.05, 4.69) is 10.3 Å². The van der Waals surface area contributed by atoms with E-state index in [1.54, 1.807) is 0 Å². The maximum absolute atomic E-state index is 14.6. The van der Waals surface area contributed by atoms with Crippen molar-refractivity contribution in [3.8, 4) is 5.75 Å². The van der Waals surface area contributed by atoms with Crippen molar-refractivity contribution < 1.29 is 50.8 Å². The zero-order valence-corrected chi connectivity index (χ0v) is 19.2. The molecule has 0 bridgehead atoms. The number of nitrogens with one attached hydrogen (secondary N) is 1. The summed E-state index contributed by atoms with van der Waals surface area (Å²) in [6.07, 6.45) is -6.95. The van der Waals surface area contributed by atoms with Gasteiger partial charge in [0, 0.05) is 17.4 Å². The van der Waals surface area contributed by atoms with Gasteiger partial charge in [0.1, 0.15) is 25.5 Å². The molecule has 0 spiro atoms. The van der Waals surface area contributed by atoms with Crippen molar-refractivity contribution in [3.05, 3.63) is 53.4 Å². The molecule has 1 unspecified atom stereocenters. The molecule has 1 aromatic heterocycles. The summed E-state index contributed by atoms with van der Waals surface area (Å²) in [5.41, 5.74) is -3.03. The lowest BCUT2D eigenvalue weighted by Crippen LogP contribution is -2.47. The number of alkyl halides is 4. The van der Waals surface area contributed by atoms with E-state index >= 15 is 0 Å². The highest BCUT2D eigenvalue weighted by atomic mass is 19.4. The molecule has 2 heterocycles. The number of anilines is 1. The highest BCUT2D eigenvalue weighted by molar-refractivity contribution is 5.95. The van der Waals surface area contributed by atoms with Crippen LogP contribution in [0, 0.1) is 17.6 Å². The molecule has 7 nitrogen and oxygen atoms in total. The van der Waals surface area contributed by atoms with Gasteiger partial charge >= 0.3 is 6.18 Å². The lowest BCUT2D eigenvalue weighted by molar-refractivity contribution is -0.272. The number of amides is 1. The first kappa shape index (κ1) is 27.7. The number of carbonyl (C=O) groups is 1. The Morgan fingerprint density at radius 2 is 1.97 bits per heavy atom. The fourth-order valence-electron chi connectivity index (χ4n) is 4.10. The summed E-state index contributed by atoms with van der Waals surface area (Å²) >= 11 is 0. The number of rotatable bonds is 8. The van der Waals surface area contributed by atoms with Gasteiger partial charge in [-0.1, -0.05) is 13.0 Å². The molecule has 3 N–H and O–H groups in total. The highest BCUT2D eigenvalue weighted by Gasteiger charge is 2.65. The Bertz CT molecular complexity index is 1080. The van der Waals surface area contributed by atoms with Crippen LogP contribution in [0.5, 0.6) is 5.75 Å². The zero-order chi connectivity index (χ0) is 26.8. The third kappa shape index (κ3) is 5.13. The summed E-state index contributed by atoms with van der Waals surface area (Å²) in [5.74, 6) is -7.69. The second-order valence-corrected chi connectivity index (χ2v) is 8.43. The quantitative estimate of drug-likeness (QED) is 0.456. The molecule has 1 amide bonds. The Labute approximate surface area is 202 Å². The van der Waals surface area contributed by atoms with E-state index in [0.29, 0.717) is 6.07 Å². The van der Waals surface area contributed by atoms with Gasteiger partial charge in [-0.15, -0.1) is 0 Å². The van der Waals surface area contributed by atoms with E-state index in [9.17, 15) is 36.2 Å². The molecule has 5 atom stereocenters. The second-order valence-electron chi connectivity index (χ2n) is 8.43. The van der Waals surface area contributed by atoms with Gasteiger partial charge in [0.25, 0.3) is 5.91 Å². The van der Waals surface area contributed by atoms with Gasteiger partial charge in [-0.3, -0.25) is 9.78 Å². The standard InChI is InChI=1S/C23H24F6N2O5/c1-11-17(13-4-5-14(25)18(26)19(13)35-8-7-24)20(36-22(11,2)23(27,28)29)21(34)31-12-3-6-15(30-9-12)16(33)10-32/h3-6,9,11,16-17,20,32-33H,7-8,10H2,1-2H3,(H,31,34)/t11-,16-,17-,20?,22+/m0/s1. The van der Waals surface area contributed by atoms with Gasteiger partial charge in [-0.25, -0.2) is 8.78 Å². The number of aromatic nitrogens is 1. The molecule has 1 aliphatic rings. The van der Waals surface area contributed by atoms with Crippen LogP contribution in [-0.2, 0) is 9.53 Å². The Hall–Kier alpha value is -2.90. The maximum atomic E-state index is 14.6. The molecule has 1 fully saturated rings. The number of carbonyl (C=O) groups excluding carboxylic acids is 1. The van der Waals surface area contributed by atoms with E-state index in [-0.39, 0.29) is 16.9 Å². The smallest absolute Gasteiger partial charge is 0.417 e. The molecule has 1 aromatic carbocycles. The molecule has 0 saturated carbocycles. The van der Waals surface area contributed by atoms with E-state index in [1.165, 1.54) is 12.1 Å². The number of aliphatic hydroxyl groups is 2. The number of pyridine rings is 1. The minimum absolute atomic E-state index is 0.0312. The number of benzene rings is 1. The Morgan fingerprint density at radius 1 is 1.28 bits per heavy atom. The van der Waals surface area contributed by atoms with Crippen LogP contribution in [0.1, 0.15) is 37.1 Å². The van der Waals surface area contributed by atoms with Gasteiger partial charge in [0.05, 0.1) is 24.2 Å². The summed E-state index contributed by atoms with van der Waals surface area (Å²) in [5, 5.41) is 21.0. The third-order valence-electron chi connectivity index (χ3n) is 6.26. The van der Waals surface area contributed by atoms with E-state index in [4.69, 9.17) is 14.6 Å². The normalized spacial score (nSPS) is 25.0. The van der Waals surface area contributed by atoms with Crippen molar-refractivity contribution in [3.63, 3.8) is 0 Å². The van der Waals surface area contributed by atoms with Crippen molar-refractivity contribution in [2.45, 2.75) is 43.8 Å². The van der Waals surface area contributed by atoms with Gasteiger partial charge in [0.2, 0.25) is 5.82 Å². The van der Waals surface area contributed by atoms with Gasteiger partial charge in [0.15, 0.2) is 17.2 Å². The number of hydrogen-bond donors (Lipinski definition) is 3. The molecule has 36 heavy (non-hydrogen) atoms. The summed E-state index contributed by atoms with van der Waals surface area (Å²) in [6, 6.07) is 4.23. The Balaban J connectivity index is 2.03.